The van der Waals surface area contributed by atoms with E-state index < -0.39 is 6.10 Å². The Balaban J connectivity index is 1.53. The number of aliphatic hydroxyl groups excluding tert-OH is 1. The van der Waals surface area contributed by atoms with Crippen molar-refractivity contribution in [3.05, 3.63) is 58.7 Å². The van der Waals surface area contributed by atoms with Gasteiger partial charge in [-0.15, -0.1) is 0 Å². The number of hydrogen-bond acceptors (Lipinski definition) is 4. The molecule has 3 rings (SSSR count). The fourth-order valence-corrected chi connectivity index (χ4v) is 3.12. The third-order valence-electron chi connectivity index (χ3n) is 4.55. The summed E-state index contributed by atoms with van der Waals surface area (Å²) >= 11 is 5.89. The average Bonchev–Trinajstić information content (AvgIpc) is 3.15. The van der Waals surface area contributed by atoms with Crippen LogP contribution < -0.4 is 10.2 Å². The molecule has 0 amide bonds. The van der Waals surface area contributed by atoms with Crippen LogP contribution in [0.15, 0.2) is 42.6 Å². The zero-order chi connectivity index (χ0) is 16.9. The highest BCUT2D eigenvalue weighted by molar-refractivity contribution is 6.30. The van der Waals surface area contributed by atoms with Crippen molar-refractivity contribution in [1.29, 1.82) is 0 Å². The van der Waals surface area contributed by atoms with Crippen molar-refractivity contribution in [2.24, 2.45) is 0 Å². The molecule has 0 aliphatic carbocycles. The van der Waals surface area contributed by atoms with Gasteiger partial charge in [-0.3, -0.25) is 0 Å². The van der Waals surface area contributed by atoms with Crippen LogP contribution in [0, 0.1) is 0 Å². The van der Waals surface area contributed by atoms with E-state index >= 15 is 0 Å². The Morgan fingerprint density at radius 1 is 1.17 bits per heavy atom. The molecule has 4 nitrogen and oxygen atoms in total. The summed E-state index contributed by atoms with van der Waals surface area (Å²) in [6.07, 6.45) is 3.86. The van der Waals surface area contributed by atoms with E-state index in [0.29, 0.717) is 11.6 Å². The number of halogens is 1. The van der Waals surface area contributed by atoms with Crippen molar-refractivity contribution in [2.75, 3.05) is 18.0 Å². The van der Waals surface area contributed by atoms with Crippen molar-refractivity contribution < 1.29 is 5.11 Å². The summed E-state index contributed by atoms with van der Waals surface area (Å²) in [5.41, 5.74) is 1.98. The number of anilines is 1. The van der Waals surface area contributed by atoms with Gasteiger partial charge >= 0.3 is 0 Å². The molecule has 2 N–H and O–H groups in total. The molecular formula is C19H24ClN3O. The van der Waals surface area contributed by atoms with Crippen LogP contribution in [0.1, 0.15) is 37.0 Å². The quantitative estimate of drug-likeness (QED) is 0.840. The Kier molecular flexibility index (Phi) is 5.72. The van der Waals surface area contributed by atoms with E-state index in [0.717, 1.165) is 30.0 Å². The van der Waals surface area contributed by atoms with Crippen molar-refractivity contribution in [3.8, 4) is 0 Å². The molecule has 0 bridgehead atoms. The molecule has 5 heteroatoms. The standard InChI is InChI=1S/C19H24ClN3O/c1-14(19(24)16-5-7-17(20)8-6-16)21-12-15-4-9-18(22-13-15)23-10-2-3-11-23/h4-9,13-14,19,21,24H,2-3,10-12H2,1H3. The van der Waals surface area contributed by atoms with Crippen molar-refractivity contribution in [1.82, 2.24) is 10.3 Å². The van der Waals surface area contributed by atoms with Crippen molar-refractivity contribution in [2.45, 2.75) is 38.5 Å². The minimum absolute atomic E-state index is 0.0653. The van der Waals surface area contributed by atoms with Crippen LogP contribution in [0.2, 0.25) is 5.02 Å². The third-order valence-corrected chi connectivity index (χ3v) is 4.80. The fourth-order valence-electron chi connectivity index (χ4n) is 2.99. The third kappa shape index (κ3) is 4.26. The zero-order valence-electron chi connectivity index (χ0n) is 14.0. The molecule has 2 heterocycles. The van der Waals surface area contributed by atoms with E-state index in [2.05, 4.69) is 27.3 Å². The van der Waals surface area contributed by atoms with Gasteiger partial charge in [0.15, 0.2) is 0 Å². The molecule has 2 atom stereocenters. The Labute approximate surface area is 148 Å². The summed E-state index contributed by atoms with van der Waals surface area (Å²) in [4.78, 5) is 6.88. The second-order valence-corrected chi connectivity index (χ2v) is 6.82. The predicted octanol–water partition coefficient (Wildman–Crippen LogP) is 3.55. The molecule has 1 fully saturated rings. The number of nitrogens with one attached hydrogen (secondary N) is 1. The molecule has 0 radical (unpaired) electrons. The van der Waals surface area contributed by atoms with E-state index in [1.165, 1.54) is 12.8 Å². The van der Waals surface area contributed by atoms with Gasteiger partial charge in [0.1, 0.15) is 5.82 Å². The number of rotatable bonds is 6. The van der Waals surface area contributed by atoms with Crippen molar-refractivity contribution in [3.63, 3.8) is 0 Å². The molecular weight excluding hydrogens is 322 g/mol. The van der Waals surface area contributed by atoms with E-state index in [4.69, 9.17) is 11.6 Å². The van der Waals surface area contributed by atoms with Gasteiger partial charge in [-0.25, -0.2) is 4.98 Å². The van der Waals surface area contributed by atoms with E-state index in [-0.39, 0.29) is 6.04 Å². The summed E-state index contributed by atoms with van der Waals surface area (Å²) < 4.78 is 0. The molecule has 2 aromatic rings. The van der Waals surface area contributed by atoms with Crippen LogP contribution in [0.4, 0.5) is 5.82 Å². The molecule has 0 spiro atoms. The first kappa shape index (κ1) is 17.2. The van der Waals surface area contributed by atoms with Gasteiger partial charge in [0.25, 0.3) is 0 Å². The number of benzene rings is 1. The molecule has 1 aliphatic rings. The summed E-state index contributed by atoms with van der Waals surface area (Å²) in [6.45, 7) is 4.87. The van der Waals surface area contributed by atoms with Crippen LogP contribution in [0.25, 0.3) is 0 Å². The van der Waals surface area contributed by atoms with E-state index in [1.807, 2.05) is 25.3 Å². The Bertz CT molecular complexity index is 639. The molecule has 2 unspecified atom stereocenters. The SMILES string of the molecule is CC(NCc1ccc(N2CCCC2)nc1)C(O)c1ccc(Cl)cc1. The van der Waals surface area contributed by atoms with Crippen molar-refractivity contribution >= 4 is 17.4 Å². The Morgan fingerprint density at radius 3 is 2.50 bits per heavy atom. The number of aliphatic hydroxyl groups is 1. The van der Waals surface area contributed by atoms with Gasteiger partial charge in [0.05, 0.1) is 6.10 Å². The second-order valence-electron chi connectivity index (χ2n) is 6.38. The molecule has 1 aromatic carbocycles. The number of aromatic nitrogens is 1. The summed E-state index contributed by atoms with van der Waals surface area (Å²) in [5, 5.41) is 14.5. The summed E-state index contributed by atoms with van der Waals surface area (Å²) in [5.74, 6) is 1.06. The Hall–Kier alpha value is -1.62. The highest BCUT2D eigenvalue weighted by Crippen LogP contribution is 2.20. The molecule has 1 saturated heterocycles. The topological polar surface area (TPSA) is 48.4 Å². The first-order chi connectivity index (χ1) is 11.6. The minimum Gasteiger partial charge on any atom is -0.387 e. The van der Waals surface area contributed by atoms with Gasteiger partial charge < -0.3 is 15.3 Å². The predicted molar refractivity (Wildman–Crippen MR) is 98.4 cm³/mol. The first-order valence-corrected chi connectivity index (χ1v) is 8.88. The van der Waals surface area contributed by atoms with Crippen LogP contribution >= 0.6 is 11.6 Å². The van der Waals surface area contributed by atoms with Gasteiger partial charge in [-0.1, -0.05) is 29.8 Å². The van der Waals surface area contributed by atoms with E-state index in [9.17, 15) is 5.11 Å². The molecule has 0 saturated carbocycles. The number of nitrogens with zero attached hydrogens (tertiary/aromatic N) is 2. The van der Waals surface area contributed by atoms with Crippen LogP contribution in [0.5, 0.6) is 0 Å². The maximum Gasteiger partial charge on any atom is 0.128 e. The first-order valence-electron chi connectivity index (χ1n) is 8.50. The molecule has 24 heavy (non-hydrogen) atoms. The summed E-state index contributed by atoms with van der Waals surface area (Å²) in [7, 11) is 0. The highest BCUT2D eigenvalue weighted by Gasteiger charge is 2.16. The number of hydrogen-bond donors (Lipinski definition) is 2. The maximum atomic E-state index is 10.4. The normalized spacial score (nSPS) is 17.0. The Morgan fingerprint density at radius 2 is 1.88 bits per heavy atom. The van der Waals surface area contributed by atoms with Crippen LogP contribution in [-0.2, 0) is 6.54 Å². The monoisotopic (exact) mass is 345 g/mol. The maximum absolute atomic E-state index is 10.4. The minimum atomic E-state index is -0.570. The molecule has 128 valence electrons. The average molecular weight is 346 g/mol. The van der Waals surface area contributed by atoms with Crippen LogP contribution in [0.3, 0.4) is 0 Å². The largest absolute Gasteiger partial charge is 0.387 e. The summed E-state index contributed by atoms with van der Waals surface area (Å²) in [6, 6.07) is 11.4. The zero-order valence-corrected chi connectivity index (χ0v) is 14.7. The lowest BCUT2D eigenvalue weighted by Crippen LogP contribution is -2.31. The lowest BCUT2D eigenvalue weighted by Gasteiger charge is -2.21. The highest BCUT2D eigenvalue weighted by atomic mass is 35.5. The smallest absolute Gasteiger partial charge is 0.128 e. The fraction of sp³-hybridized carbons (Fsp3) is 0.421. The number of pyridine rings is 1. The van der Waals surface area contributed by atoms with Crippen LogP contribution in [-0.4, -0.2) is 29.2 Å². The van der Waals surface area contributed by atoms with Gasteiger partial charge in [0, 0.05) is 36.9 Å². The van der Waals surface area contributed by atoms with Gasteiger partial charge in [-0.2, -0.15) is 0 Å². The molecule has 1 aromatic heterocycles. The lowest BCUT2D eigenvalue weighted by molar-refractivity contribution is 0.135. The van der Waals surface area contributed by atoms with Gasteiger partial charge in [-0.05, 0) is 49.1 Å². The molecule has 1 aliphatic heterocycles. The second kappa shape index (κ2) is 7.97. The van der Waals surface area contributed by atoms with E-state index in [1.54, 1.807) is 12.1 Å². The van der Waals surface area contributed by atoms with Gasteiger partial charge in [0.2, 0.25) is 0 Å². The lowest BCUT2D eigenvalue weighted by atomic mass is 10.0.